The SMILES string of the molecule is COc1ccc(C2CC2)cc1Br. The molecule has 0 amide bonds. The number of rotatable bonds is 2. The quantitative estimate of drug-likeness (QED) is 0.752. The highest BCUT2D eigenvalue weighted by Crippen LogP contribution is 2.42. The molecule has 1 fully saturated rings. The fourth-order valence-corrected chi connectivity index (χ4v) is 1.91. The van der Waals surface area contributed by atoms with Crippen LogP contribution in [0.1, 0.15) is 24.3 Å². The van der Waals surface area contributed by atoms with Crippen LogP contribution in [0.15, 0.2) is 22.7 Å². The summed E-state index contributed by atoms with van der Waals surface area (Å²) in [6.07, 6.45) is 2.69. The van der Waals surface area contributed by atoms with E-state index in [9.17, 15) is 0 Å². The summed E-state index contributed by atoms with van der Waals surface area (Å²) in [6.45, 7) is 0. The van der Waals surface area contributed by atoms with Crippen LogP contribution in [0.3, 0.4) is 0 Å². The predicted molar refractivity (Wildman–Crippen MR) is 52.7 cm³/mol. The number of halogens is 1. The zero-order valence-electron chi connectivity index (χ0n) is 7.01. The molecule has 0 N–H and O–H groups in total. The number of methoxy groups -OCH3 is 1. The molecule has 1 aliphatic rings. The van der Waals surface area contributed by atoms with E-state index in [4.69, 9.17) is 4.74 Å². The molecule has 1 aliphatic carbocycles. The lowest BCUT2D eigenvalue weighted by atomic mass is 10.1. The average molecular weight is 227 g/mol. The average Bonchev–Trinajstić information content (AvgIpc) is 2.86. The molecule has 0 spiro atoms. The van der Waals surface area contributed by atoms with Crippen molar-refractivity contribution in [2.24, 2.45) is 0 Å². The van der Waals surface area contributed by atoms with E-state index in [1.165, 1.54) is 18.4 Å². The maximum atomic E-state index is 5.15. The summed E-state index contributed by atoms with van der Waals surface area (Å²) in [6, 6.07) is 6.34. The van der Waals surface area contributed by atoms with Crippen LogP contribution in [-0.4, -0.2) is 7.11 Å². The largest absolute Gasteiger partial charge is 0.496 e. The molecule has 0 aliphatic heterocycles. The minimum atomic E-state index is 0.812. The number of ether oxygens (including phenoxy) is 1. The molecule has 2 rings (SSSR count). The third-order valence-corrected chi connectivity index (χ3v) is 2.84. The molecule has 0 atom stereocenters. The zero-order chi connectivity index (χ0) is 8.55. The first-order chi connectivity index (χ1) is 5.81. The first kappa shape index (κ1) is 8.11. The van der Waals surface area contributed by atoms with Gasteiger partial charge in [0, 0.05) is 0 Å². The highest BCUT2D eigenvalue weighted by molar-refractivity contribution is 9.10. The Labute approximate surface area is 80.9 Å². The maximum Gasteiger partial charge on any atom is 0.133 e. The Morgan fingerprint density at radius 3 is 2.67 bits per heavy atom. The molecular formula is C10H11BrO. The Morgan fingerprint density at radius 1 is 1.42 bits per heavy atom. The van der Waals surface area contributed by atoms with Gasteiger partial charge in [-0.25, -0.2) is 0 Å². The third-order valence-electron chi connectivity index (χ3n) is 2.22. The van der Waals surface area contributed by atoms with Gasteiger partial charge >= 0.3 is 0 Å². The van der Waals surface area contributed by atoms with Crippen molar-refractivity contribution >= 4 is 15.9 Å². The van der Waals surface area contributed by atoms with E-state index in [-0.39, 0.29) is 0 Å². The normalized spacial score (nSPS) is 16.2. The molecule has 0 unspecified atom stereocenters. The monoisotopic (exact) mass is 226 g/mol. The summed E-state index contributed by atoms with van der Waals surface area (Å²) < 4.78 is 6.22. The summed E-state index contributed by atoms with van der Waals surface area (Å²) in [4.78, 5) is 0. The second-order valence-electron chi connectivity index (χ2n) is 3.17. The van der Waals surface area contributed by atoms with E-state index >= 15 is 0 Å². The fraction of sp³-hybridized carbons (Fsp3) is 0.400. The van der Waals surface area contributed by atoms with E-state index in [0.29, 0.717) is 0 Å². The Bertz CT molecular complexity index is 292. The number of benzene rings is 1. The van der Waals surface area contributed by atoms with Gasteiger partial charge in [-0.1, -0.05) is 6.07 Å². The van der Waals surface area contributed by atoms with E-state index in [0.717, 1.165) is 16.1 Å². The lowest BCUT2D eigenvalue weighted by Crippen LogP contribution is -1.86. The summed E-state index contributed by atoms with van der Waals surface area (Å²) in [5.41, 5.74) is 1.43. The smallest absolute Gasteiger partial charge is 0.133 e. The van der Waals surface area contributed by atoms with Gasteiger partial charge in [0.25, 0.3) is 0 Å². The van der Waals surface area contributed by atoms with E-state index < -0.39 is 0 Å². The second-order valence-corrected chi connectivity index (χ2v) is 4.02. The lowest BCUT2D eigenvalue weighted by molar-refractivity contribution is 0.412. The Balaban J connectivity index is 2.30. The van der Waals surface area contributed by atoms with Crippen LogP contribution in [0.5, 0.6) is 5.75 Å². The van der Waals surface area contributed by atoms with Gasteiger partial charge in [-0.05, 0) is 52.4 Å². The van der Waals surface area contributed by atoms with Gasteiger partial charge in [-0.15, -0.1) is 0 Å². The van der Waals surface area contributed by atoms with Crippen LogP contribution in [0.4, 0.5) is 0 Å². The highest BCUT2D eigenvalue weighted by Gasteiger charge is 2.23. The van der Waals surface area contributed by atoms with Crippen molar-refractivity contribution in [2.75, 3.05) is 7.11 Å². The lowest BCUT2D eigenvalue weighted by Gasteiger charge is -2.04. The minimum Gasteiger partial charge on any atom is -0.496 e. The summed E-state index contributed by atoms with van der Waals surface area (Å²) in [5.74, 6) is 1.73. The summed E-state index contributed by atoms with van der Waals surface area (Å²) in [5, 5.41) is 0. The van der Waals surface area contributed by atoms with Gasteiger partial charge < -0.3 is 4.74 Å². The van der Waals surface area contributed by atoms with Crippen LogP contribution >= 0.6 is 15.9 Å². The van der Waals surface area contributed by atoms with E-state index in [1.807, 2.05) is 6.07 Å². The minimum absolute atomic E-state index is 0.812. The van der Waals surface area contributed by atoms with Crippen LogP contribution in [0, 0.1) is 0 Å². The van der Waals surface area contributed by atoms with E-state index in [2.05, 4.69) is 28.1 Å². The summed E-state index contributed by atoms with van der Waals surface area (Å²) >= 11 is 3.48. The molecule has 2 heteroatoms. The fourth-order valence-electron chi connectivity index (χ4n) is 1.35. The molecule has 1 aromatic rings. The molecule has 0 radical (unpaired) electrons. The van der Waals surface area contributed by atoms with Crippen molar-refractivity contribution in [1.82, 2.24) is 0 Å². The zero-order valence-corrected chi connectivity index (χ0v) is 8.60. The van der Waals surface area contributed by atoms with Gasteiger partial charge in [0.1, 0.15) is 5.75 Å². The van der Waals surface area contributed by atoms with Gasteiger partial charge in [-0.2, -0.15) is 0 Å². The molecule has 64 valence electrons. The molecule has 0 bridgehead atoms. The molecular weight excluding hydrogens is 216 g/mol. The number of hydrogen-bond donors (Lipinski definition) is 0. The van der Waals surface area contributed by atoms with Gasteiger partial charge in [-0.3, -0.25) is 0 Å². The van der Waals surface area contributed by atoms with Crippen LogP contribution in [0.25, 0.3) is 0 Å². The third kappa shape index (κ3) is 1.48. The van der Waals surface area contributed by atoms with Crippen LogP contribution < -0.4 is 4.74 Å². The molecule has 1 aromatic carbocycles. The van der Waals surface area contributed by atoms with Gasteiger partial charge in [0.2, 0.25) is 0 Å². The standard InChI is InChI=1S/C10H11BrO/c1-12-10-5-4-8(6-9(10)11)7-2-3-7/h4-7H,2-3H2,1H3. The molecule has 12 heavy (non-hydrogen) atoms. The van der Waals surface area contributed by atoms with Gasteiger partial charge in [0.05, 0.1) is 11.6 Å². The maximum absolute atomic E-state index is 5.15. The Kier molecular flexibility index (Phi) is 2.09. The van der Waals surface area contributed by atoms with Crippen molar-refractivity contribution in [3.8, 4) is 5.75 Å². The molecule has 0 saturated heterocycles. The second kappa shape index (κ2) is 3.09. The molecule has 1 nitrogen and oxygen atoms in total. The van der Waals surface area contributed by atoms with Crippen molar-refractivity contribution in [3.63, 3.8) is 0 Å². The number of hydrogen-bond acceptors (Lipinski definition) is 1. The predicted octanol–water partition coefficient (Wildman–Crippen LogP) is 3.34. The molecule has 0 heterocycles. The molecule has 1 saturated carbocycles. The van der Waals surface area contributed by atoms with Crippen molar-refractivity contribution in [2.45, 2.75) is 18.8 Å². The first-order valence-electron chi connectivity index (χ1n) is 4.14. The van der Waals surface area contributed by atoms with Crippen molar-refractivity contribution in [1.29, 1.82) is 0 Å². The van der Waals surface area contributed by atoms with Crippen LogP contribution in [-0.2, 0) is 0 Å². The highest BCUT2D eigenvalue weighted by atomic mass is 79.9. The van der Waals surface area contributed by atoms with Gasteiger partial charge in [0.15, 0.2) is 0 Å². The molecule has 0 aromatic heterocycles. The first-order valence-corrected chi connectivity index (χ1v) is 4.94. The van der Waals surface area contributed by atoms with Crippen LogP contribution in [0.2, 0.25) is 0 Å². The Morgan fingerprint density at radius 2 is 2.17 bits per heavy atom. The van der Waals surface area contributed by atoms with Crippen molar-refractivity contribution < 1.29 is 4.74 Å². The topological polar surface area (TPSA) is 9.23 Å². The summed E-state index contributed by atoms with van der Waals surface area (Å²) in [7, 11) is 1.69. The Hall–Kier alpha value is -0.500. The van der Waals surface area contributed by atoms with Crippen molar-refractivity contribution in [3.05, 3.63) is 28.2 Å². The van der Waals surface area contributed by atoms with E-state index in [1.54, 1.807) is 7.11 Å².